The molecule has 4 nitrogen and oxygen atoms in total. The first-order valence-corrected chi connectivity index (χ1v) is 7.60. The van der Waals surface area contributed by atoms with Crippen molar-refractivity contribution in [1.29, 1.82) is 0 Å². The molecule has 0 spiro atoms. The molecule has 22 heavy (non-hydrogen) atoms. The van der Waals surface area contributed by atoms with Crippen molar-refractivity contribution >= 4 is 34.6 Å². The fraction of sp³-hybridized carbons (Fsp3) is 0.235. The van der Waals surface area contributed by atoms with Gasteiger partial charge in [-0.1, -0.05) is 24.6 Å². The zero-order chi connectivity index (χ0) is 16.1. The van der Waals surface area contributed by atoms with Crippen LogP contribution in [0.1, 0.15) is 29.3 Å². The lowest BCUT2D eigenvalue weighted by Crippen LogP contribution is -2.25. The molecular weight excluding hydrogens is 298 g/mol. The Bertz CT molecular complexity index is 686. The maximum atomic E-state index is 12.3. The van der Waals surface area contributed by atoms with Crippen LogP contribution in [-0.4, -0.2) is 12.5 Å². The first kappa shape index (κ1) is 16.2. The highest BCUT2D eigenvalue weighted by atomic mass is 35.5. The highest BCUT2D eigenvalue weighted by Crippen LogP contribution is 2.28. The molecule has 0 radical (unpaired) electrons. The van der Waals surface area contributed by atoms with Crippen LogP contribution in [0.3, 0.4) is 0 Å². The molecular formula is C17H20ClN3O. The number of rotatable bonds is 5. The standard InChI is InChI=1S/C17H20ClN3O/c1-3-9-20-17(22)13-10-12(19)7-8-16(13)21-15-6-4-5-14(18)11(15)2/h4-8,10,21H,3,9,19H2,1-2H3,(H,20,22). The third-order valence-corrected chi connectivity index (χ3v) is 3.77. The van der Waals surface area contributed by atoms with E-state index in [1.807, 2.05) is 32.0 Å². The van der Waals surface area contributed by atoms with Crippen molar-refractivity contribution in [3.05, 3.63) is 52.5 Å². The maximum Gasteiger partial charge on any atom is 0.253 e. The topological polar surface area (TPSA) is 67.2 Å². The third kappa shape index (κ3) is 3.71. The molecule has 0 aliphatic rings. The molecule has 5 heteroatoms. The number of benzene rings is 2. The molecule has 0 aromatic heterocycles. The molecule has 4 N–H and O–H groups in total. The van der Waals surface area contributed by atoms with Crippen LogP contribution >= 0.6 is 11.6 Å². The smallest absolute Gasteiger partial charge is 0.253 e. The molecule has 116 valence electrons. The van der Waals surface area contributed by atoms with E-state index in [9.17, 15) is 4.79 Å². The number of hydrogen-bond acceptors (Lipinski definition) is 3. The summed E-state index contributed by atoms with van der Waals surface area (Å²) < 4.78 is 0. The minimum absolute atomic E-state index is 0.142. The predicted octanol–water partition coefficient (Wildman–Crippen LogP) is 4.11. The Morgan fingerprint density at radius 3 is 2.73 bits per heavy atom. The molecule has 0 heterocycles. The van der Waals surface area contributed by atoms with Gasteiger partial charge in [-0.3, -0.25) is 4.79 Å². The Morgan fingerprint density at radius 2 is 2.00 bits per heavy atom. The van der Waals surface area contributed by atoms with Gasteiger partial charge in [-0.15, -0.1) is 0 Å². The summed E-state index contributed by atoms with van der Waals surface area (Å²) in [7, 11) is 0. The van der Waals surface area contributed by atoms with Crippen LogP contribution in [0.4, 0.5) is 17.1 Å². The number of carbonyl (C=O) groups excluding carboxylic acids is 1. The van der Waals surface area contributed by atoms with Gasteiger partial charge in [-0.25, -0.2) is 0 Å². The number of amides is 1. The highest BCUT2D eigenvalue weighted by molar-refractivity contribution is 6.31. The van der Waals surface area contributed by atoms with Gasteiger partial charge in [0.15, 0.2) is 0 Å². The second kappa shape index (κ2) is 7.18. The quantitative estimate of drug-likeness (QED) is 0.727. The van der Waals surface area contributed by atoms with Crippen LogP contribution in [0.2, 0.25) is 5.02 Å². The molecule has 1 amide bonds. The van der Waals surface area contributed by atoms with Crippen LogP contribution in [0, 0.1) is 6.92 Å². The molecule has 0 saturated heterocycles. The van der Waals surface area contributed by atoms with Gasteiger partial charge in [0.25, 0.3) is 5.91 Å². The summed E-state index contributed by atoms with van der Waals surface area (Å²) in [6.07, 6.45) is 0.879. The van der Waals surface area contributed by atoms with Crippen LogP contribution in [-0.2, 0) is 0 Å². The minimum atomic E-state index is -0.142. The Balaban J connectivity index is 2.34. The van der Waals surface area contributed by atoms with E-state index in [1.54, 1.807) is 18.2 Å². The van der Waals surface area contributed by atoms with Crippen LogP contribution in [0.5, 0.6) is 0 Å². The molecule has 0 aliphatic carbocycles. The summed E-state index contributed by atoms with van der Waals surface area (Å²) in [5.74, 6) is -0.142. The van der Waals surface area contributed by atoms with Gasteiger partial charge in [0, 0.05) is 22.9 Å². The predicted molar refractivity (Wildman–Crippen MR) is 93.0 cm³/mol. The largest absolute Gasteiger partial charge is 0.399 e. The van der Waals surface area contributed by atoms with Gasteiger partial charge in [-0.05, 0) is 49.2 Å². The molecule has 2 aromatic carbocycles. The van der Waals surface area contributed by atoms with Crippen LogP contribution in [0.15, 0.2) is 36.4 Å². The van der Waals surface area contributed by atoms with Gasteiger partial charge >= 0.3 is 0 Å². The molecule has 0 aliphatic heterocycles. The van der Waals surface area contributed by atoms with Gasteiger partial charge in [-0.2, -0.15) is 0 Å². The maximum absolute atomic E-state index is 12.3. The Kier molecular flexibility index (Phi) is 5.28. The number of carbonyl (C=O) groups is 1. The summed E-state index contributed by atoms with van der Waals surface area (Å²) in [6, 6.07) is 10.9. The number of nitrogens with two attached hydrogens (primary N) is 1. The molecule has 0 atom stereocenters. The van der Waals surface area contributed by atoms with Gasteiger partial charge in [0.2, 0.25) is 0 Å². The van der Waals surface area contributed by atoms with Gasteiger partial charge < -0.3 is 16.4 Å². The normalized spacial score (nSPS) is 10.3. The van der Waals surface area contributed by atoms with Gasteiger partial charge in [0.05, 0.1) is 11.3 Å². The van der Waals surface area contributed by atoms with Crippen molar-refractivity contribution in [1.82, 2.24) is 5.32 Å². The molecule has 2 aromatic rings. The average molecular weight is 318 g/mol. The van der Waals surface area contributed by atoms with Crippen molar-refractivity contribution in [3.8, 4) is 0 Å². The highest BCUT2D eigenvalue weighted by Gasteiger charge is 2.13. The summed E-state index contributed by atoms with van der Waals surface area (Å²) in [5.41, 5.74) is 9.38. The fourth-order valence-corrected chi connectivity index (χ4v) is 2.25. The number of anilines is 3. The number of hydrogen-bond donors (Lipinski definition) is 3. The van der Waals surface area contributed by atoms with E-state index >= 15 is 0 Å². The second-order valence-corrected chi connectivity index (χ2v) is 5.51. The first-order chi connectivity index (χ1) is 10.5. The molecule has 0 saturated carbocycles. The van der Waals surface area contributed by atoms with E-state index < -0.39 is 0 Å². The van der Waals surface area contributed by atoms with Crippen molar-refractivity contribution in [2.24, 2.45) is 0 Å². The Hall–Kier alpha value is -2.20. The summed E-state index contributed by atoms with van der Waals surface area (Å²) in [5, 5.41) is 6.81. The molecule has 0 fully saturated rings. The average Bonchev–Trinajstić information content (AvgIpc) is 2.51. The zero-order valence-corrected chi connectivity index (χ0v) is 13.5. The lowest BCUT2D eigenvalue weighted by Gasteiger charge is -2.15. The van der Waals surface area contributed by atoms with Crippen molar-refractivity contribution in [2.45, 2.75) is 20.3 Å². The van der Waals surface area contributed by atoms with E-state index in [-0.39, 0.29) is 5.91 Å². The lowest BCUT2D eigenvalue weighted by molar-refractivity contribution is 0.0954. The number of halogens is 1. The summed E-state index contributed by atoms with van der Waals surface area (Å²) in [6.45, 7) is 4.57. The number of nitrogens with one attached hydrogen (secondary N) is 2. The van der Waals surface area contributed by atoms with E-state index in [2.05, 4.69) is 10.6 Å². The minimum Gasteiger partial charge on any atom is -0.399 e. The van der Waals surface area contributed by atoms with Crippen molar-refractivity contribution < 1.29 is 4.79 Å². The molecule has 0 bridgehead atoms. The van der Waals surface area contributed by atoms with Crippen LogP contribution < -0.4 is 16.4 Å². The van der Waals surface area contributed by atoms with E-state index in [0.29, 0.717) is 28.5 Å². The Morgan fingerprint density at radius 1 is 1.23 bits per heavy atom. The molecule has 0 unspecified atom stereocenters. The van der Waals surface area contributed by atoms with Crippen molar-refractivity contribution in [3.63, 3.8) is 0 Å². The van der Waals surface area contributed by atoms with E-state index in [0.717, 1.165) is 17.7 Å². The number of nitrogen functional groups attached to an aromatic ring is 1. The monoisotopic (exact) mass is 317 g/mol. The SMILES string of the molecule is CCCNC(=O)c1cc(N)ccc1Nc1cccc(Cl)c1C. The van der Waals surface area contributed by atoms with Crippen LogP contribution in [0.25, 0.3) is 0 Å². The third-order valence-electron chi connectivity index (χ3n) is 3.36. The van der Waals surface area contributed by atoms with Gasteiger partial charge in [0.1, 0.15) is 0 Å². The molecule has 2 rings (SSSR count). The summed E-state index contributed by atoms with van der Waals surface area (Å²) in [4.78, 5) is 12.3. The summed E-state index contributed by atoms with van der Waals surface area (Å²) >= 11 is 6.14. The Labute approximate surface area is 135 Å². The zero-order valence-electron chi connectivity index (χ0n) is 12.7. The van der Waals surface area contributed by atoms with E-state index in [4.69, 9.17) is 17.3 Å². The van der Waals surface area contributed by atoms with Crippen molar-refractivity contribution in [2.75, 3.05) is 17.6 Å². The fourth-order valence-electron chi connectivity index (χ4n) is 2.08. The first-order valence-electron chi connectivity index (χ1n) is 7.22. The lowest BCUT2D eigenvalue weighted by atomic mass is 10.1. The van der Waals surface area contributed by atoms with E-state index in [1.165, 1.54) is 0 Å². The second-order valence-electron chi connectivity index (χ2n) is 5.10.